The molecule has 0 radical (unpaired) electrons. The molecule has 1 aromatic carbocycles. The quantitative estimate of drug-likeness (QED) is 0.636. The summed E-state index contributed by atoms with van der Waals surface area (Å²) in [6.45, 7) is 1.85. The molecule has 1 aliphatic rings. The molecule has 2 unspecified atom stereocenters. The van der Waals surface area contributed by atoms with Crippen LogP contribution in [0.3, 0.4) is 0 Å². The van der Waals surface area contributed by atoms with E-state index in [-0.39, 0.29) is 12.2 Å². The van der Waals surface area contributed by atoms with Crippen molar-refractivity contribution in [3.63, 3.8) is 0 Å². The Labute approximate surface area is 108 Å². The average Bonchev–Trinajstić information content (AvgIpc) is 2.29. The minimum absolute atomic E-state index is 0.206. The van der Waals surface area contributed by atoms with Crippen molar-refractivity contribution >= 4 is 12.6 Å². The molecule has 2 atom stereocenters. The zero-order valence-electron chi connectivity index (χ0n) is 9.54. The number of hydrogen-bond acceptors (Lipinski definition) is 2. The lowest BCUT2D eigenvalue weighted by molar-refractivity contribution is -0.187. The van der Waals surface area contributed by atoms with E-state index in [0.717, 1.165) is 5.56 Å². The van der Waals surface area contributed by atoms with Gasteiger partial charge in [0.2, 0.25) is 0 Å². The number of benzene rings is 1. The van der Waals surface area contributed by atoms with E-state index in [1.54, 1.807) is 12.1 Å². The molecule has 1 heterocycles. The van der Waals surface area contributed by atoms with E-state index in [1.165, 1.54) is 6.07 Å². The molecule has 18 heavy (non-hydrogen) atoms. The number of aryl methyl sites for hydroxylation is 1. The van der Waals surface area contributed by atoms with Gasteiger partial charge in [0.1, 0.15) is 5.75 Å². The van der Waals surface area contributed by atoms with Crippen molar-refractivity contribution in [2.45, 2.75) is 37.0 Å². The Morgan fingerprint density at radius 1 is 1.39 bits per heavy atom. The number of alkyl halides is 4. The molecule has 0 saturated carbocycles. The Morgan fingerprint density at radius 3 is 2.67 bits per heavy atom. The lowest BCUT2D eigenvalue weighted by atomic mass is 9.97. The Kier molecular flexibility index (Phi) is 3.49. The first-order chi connectivity index (χ1) is 8.32. The third kappa shape index (κ3) is 2.30. The van der Waals surface area contributed by atoms with Gasteiger partial charge in [0.05, 0.1) is 0 Å². The van der Waals surface area contributed by atoms with E-state index in [1.807, 2.05) is 6.92 Å². The Bertz CT molecular complexity index is 450. The Morgan fingerprint density at radius 2 is 2.06 bits per heavy atom. The van der Waals surface area contributed by atoms with E-state index >= 15 is 0 Å². The maximum Gasteiger partial charge on any atom is 0.343 e. The summed E-state index contributed by atoms with van der Waals surface area (Å²) in [6.07, 6.45) is -5.82. The lowest BCUT2D eigenvalue weighted by Crippen LogP contribution is -2.46. The van der Waals surface area contributed by atoms with Crippen LogP contribution in [-0.4, -0.2) is 18.5 Å². The van der Waals surface area contributed by atoms with E-state index < -0.39 is 23.7 Å². The van der Waals surface area contributed by atoms with Gasteiger partial charge in [0.25, 0.3) is 0 Å². The summed E-state index contributed by atoms with van der Waals surface area (Å²) in [5, 5.41) is -0.525. The summed E-state index contributed by atoms with van der Waals surface area (Å²) < 4.78 is 56.2. The van der Waals surface area contributed by atoms with Crippen molar-refractivity contribution in [2.75, 3.05) is 0 Å². The zero-order valence-corrected chi connectivity index (χ0v) is 10.4. The summed E-state index contributed by atoms with van der Waals surface area (Å²) >= 11 is 4.19. The number of halogens is 4. The van der Waals surface area contributed by atoms with Crippen molar-refractivity contribution < 1.29 is 22.3 Å². The summed E-state index contributed by atoms with van der Waals surface area (Å²) in [7, 11) is 0. The molecule has 1 aromatic rings. The SMILES string of the molecule is Cc1ccc2c(c1)C(S)CC(C(F)(F)C(F)F)O2. The molecule has 0 bridgehead atoms. The lowest BCUT2D eigenvalue weighted by Gasteiger charge is -2.34. The molecule has 0 amide bonds. The third-order valence-corrected chi connectivity index (χ3v) is 3.44. The highest BCUT2D eigenvalue weighted by Gasteiger charge is 2.52. The number of hydrogen-bond donors (Lipinski definition) is 1. The van der Waals surface area contributed by atoms with Crippen LogP contribution in [0.4, 0.5) is 17.6 Å². The van der Waals surface area contributed by atoms with E-state index in [4.69, 9.17) is 4.74 Å². The van der Waals surface area contributed by atoms with Gasteiger partial charge in [-0.05, 0) is 13.0 Å². The maximum atomic E-state index is 13.3. The van der Waals surface area contributed by atoms with Crippen LogP contribution in [0.15, 0.2) is 18.2 Å². The molecule has 0 spiro atoms. The predicted molar refractivity (Wildman–Crippen MR) is 62.9 cm³/mol. The van der Waals surface area contributed by atoms with E-state index in [9.17, 15) is 17.6 Å². The number of ether oxygens (including phenoxy) is 1. The molecular weight excluding hydrogens is 268 g/mol. The van der Waals surface area contributed by atoms with E-state index in [0.29, 0.717) is 5.56 Å². The van der Waals surface area contributed by atoms with Crippen LogP contribution in [0.25, 0.3) is 0 Å². The molecule has 100 valence electrons. The summed E-state index contributed by atoms with van der Waals surface area (Å²) in [5.41, 5.74) is 1.61. The first kappa shape index (κ1) is 13.5. The van der Waals surface area contributed by atoms with E-state index in [2.05, 4.69) is 12.6 Å². The van der Waals surface area contributed by atoms with Gasteiger partial charge in [-0.2, -0.15) is 21.4 Å². The number of thiol groups is 1. The van der Waals surface area contributed by atoms with Crippen molar-refractivity contribution in [3.05, 3.63) is 29.3 Å². The molecule has 0 saturated heterocycles. The number of rotatable bonds is 2. The standard InChI is InChI=1S/C12H12F4OS/c1-6-2-3-8-7(4-6)9(18)5-10(17-8)12(15,16)11(13)14/h2-4,9-11,18H,5H2,1H3. The largest absolute Gasteiger partial charge is 0.484 e. The van der Waals surface area contributed by atoms with Gasteiger partial charge < -0.3 is 4.74 Å². The molecule has 0 N–H and O–H groups in total. The van der Waals surface area contributed by atoms with Gasteiger partial charge in [0, 0.05) is 17.2 Å². The monoisotopic (exact) mass is 280 g/mol. The summed E-state index contributed by atoms with van der Waals surface area (Å²) in [4.78, 5) is 0. The van der Waals surface area contributed by atoms with Crippen LogP contribution in [-0.2, 0) is 0 Å². The molecule has 1 nitrogen and oxygen atoms in total. The van der Waals surface area contributed by atoms with Crippen LogP contribution < -0.4 is 4.74 Å². The Balaban J connectivity index is 2.31. The van der Waals surface area contributed by atoms with Gasteiger partial charge in [-0.1, -0.05) is 17.7 Å². The fourth-order valence-corrected chi connectivity index (χ4v) is 2.34. The normalized spacial score (nSPS) is 23.7. The van der Waals surface area contributed by atoms with Crippen molar-refractivity contribution in [1.29, 1.82) is 0 Å². The second kappa shape index (κ2) is 4.64. The highest BCUT2D eigenvalue weighted by Crippen LogP contribution is 2.44. The second-order valence-electron chi connectivity index (χ2n) is 4.37. The van der Waals surface area contributed by atoms with Crippen molar-refractivity contribution in [1.82, 2.24) is 0 Å². The Hall–Kier alpha value is -0.910. The van der Waals surface area contributed by atoms with Crippen LogP contribution in [0, 0.1) is 6.92 Å². The van der Waals surface area contributed by atoms with Gasteiger partial charge in [-0.15, -0.1) is 0 Å². The van der Waals surface area contributed by atoms with Crippen molar-refractivity contribution in [3.8, 4) is 5.75 Å². The smallest absolute Gasteiger partial charge is 0.343 e. The molecule has 6 heteroatoms. The van der Waals surface area contributed by atoms with Gasteiger partial charge in [-0.3, -0.25) is 0 Å². The molecule has 0 fully saturated rings. The molecule has 0 aliphatic carbocycles. The zero-order chi connectivity index (χ0) is 13.5. The van der Waals surface area contributed by atoms with Crippen LogP contribution in [0.5, 0.6) is 5.75 Å². The highest BCUT2D eigenvalue weighted by atomic mass is 32.1. The summed E-state index contributed by atoms with van der Waals surface area (Å²) in [6, 6.07) is 4.97. The molecular formula is C12H12F4OS. The fourth-order valence-electron chi connectivity index (χ4n) is 1.94. The molecule has 0 aromatic heterocycles. The predicted octanol–water partition coefficient (Wildman–Crippen LogP) is 4.02. The molecule has 2 rings (SSSR count). The topological polar surface area (TPSA) is 9.23 Å². The average molecular weight is 280 g/mol. The first-order valence-electron chi connectivity index (χ1n) is 5.43. The van der Waals surface area contributed by atoms with Crippen molar-refractivity contribution in [2.24, 2.45) is 0 Å². The van der Waals surface area contributed by atoms with Gasteiger partial charge in [0.15, 0.2) is 6.10 Å². The fraction of sp³-hybridized carbons (Fsp3) is 0.500. The minimum atomic E-state index is -4.16. The first-order valence-corrected chi connectivity index (χ1v) is 5.95. The summed E-state index contributed by atoms with van der Waals surface area (Å²) in [5.74, 6) is -3.96. The molecule has 1 aliphatic heterocycles. The minimum Gasteiger partial charge on any atom is -0.484 e. The third-order valence-electron chi connectivity index (χ3n) is 2.95. The van der Waals surface area contributed by atoms with Crippen LogP contribution in [0.1, 0.15) is 22.8 Å². The van der Waals surface area contributed by atoms with Crippen LogP contribution >= 0.6 is 12.6 Å². The maximum absolute atomic E-state index is 13.3. The second-order valence-corrected chi connectivity index (χ2v) is 5.00. The van der Waals surface area contributed by atoms with Crippen LogP contribution in [0.2, 0.25) is 0 Å². The highest BCUT2D eigenvalue weighted by molar-refractivity contribution is 7.80. The van der Waals surface area contributed by atoms with Gasteiger partial charge in [-0.25, -0.2) is 8.78 Å². The van der Waals surface area contributed by atoms with Gasteiger partial charge >= 0.3 is 12.3 Å². The number of fused-ring (bicyclic) bond motifs is 1.